The minimum Gasteiger partial charge on any atom is -0.502 e. The molecule has 0 amide bonds. The molecule has 4 aromatic rings. The molecule has 28 heavy (non-hydrogen) atoms. The highest BCUT2D eigenvalue weighted by Crippen LogP contribution is 2.32. The summed E-state index contributed by atoms with van der Waals surface area (Å²) in [6, 6.07) is 21.2. The largest absolute Gasteiger partial charge is 0.502 e. The molecule has 0 spiro atoms. The molecule has 4 rings (SSSR count). The smallest absolute Gasteiger partial charge is 0.337 e. The summed E-state index contributed by atoms with van der Waals surface area (Å²) in [6.07, 6.45) is 0. The maximum atomic E-state index is 12.6. The first-order chi connectivity index (χ1) is 13.6. The predicted molar refractivity (Wildman–Crippen MR) is 106 cm³/mol. The number of carbonyl (C=O) groups is 1. The number of esters is 1. The minimum absolute atomic E-state index is 0.0547. The third kappa shape index (κ3) is 3.03. The van der Waals surface area contributed by atoms with Gasteiger partial charge in [0, 0.05) is 5.56 Å². The van der Waals surface area contributed by atoms with Crippen LogP contribution >= 0.6 is 0 Å². The second-order valence-corrected chi connectivity index (χ2v) is 6.25. The molecule has 5 heteroatoms. The Labute approximate surface area is 160 Å². The third-order valence-electron chi connectivity index (χ3n) is 4.54. The van der Waals surface area contributed by atoms with Crippen LogP contribution in [-0.2, 0) is 4.74 Å². The first-order valence-corrected chi connectivity index (χ1v) is 8.62. The SMILES string of the molecule is COC(=O)c1ccc(-c2oc3cc(-c4ccccc4)ccc3c(=O)c2O)cc1. The van der Waals surface area contributed by atoms with Crippen molar-refractivity contribution < 1.29 is 19.1 Å². The van der Waals surface area contributed by atoms with Gasteiger partial charge in [-0.2, -0.15) is 0 Å². The number of hydrogen-bond donors (Lipinski definition) is 1. The summed E-state index contributed by atoms with van der Waals surface area (Å²) in [6.45, 7) is 0. The van der Waals surface area contributed by atoms with Crippen LogP contribution in [0, 0.1) is 0 Å². The first kappa shape index (κ1) is 17.5. The molecular weight excluding hydrogens is 356 g/mol. The van der Waals surface area contributed by atoms with E-state index in [0.29, 0.717) is 22.1 Å². The Morgan fingerprint density at radius 1 is 0.893 bits per heavy atom. The van der Waals surface area contributed by atoms with E-state index < -0.39 is 17.1 Å². The topological polar surface area (TPSA) is 76.7 Å². The van der Waals surface area contributed by atoms with Gasteiger partial charge >= 0.3 is 5.97 Å². The molecule has 1 N–H and O–H groups in total. The van der Waals surface area contributed by atoms with Crippen LogP contribution in [0.15, 0.2) is 82.0 Å². The van der Waals surface area contributed by atoms with Crippen molar-refractivity contribution in [1.82, 2.24) is 0 Å². The molecule has 0 bridgehead atoms. The highest BCUT2D eigenvalue weighted by atomic mass is 16.5. The van der Waals surface area contributed by atoms with Crippen LogP contribution in [0.1, 0.15) is 10.4 Å². The molecule has 0 fully saturated rings. The Bertz CT molecular complexity index is 1220. The highest BCUT2D eigenvalue weighted by Gasteiger charge is 2.16. The number of carbonyl (C=O) groups excluding carboxylic acids is 1. The maximum Gasteiger partial charge on any atom is 0.337 e. The van der Waals surface area contributed by atoms with Gasteiger partial charge < -0.3 is 14.3 Å². The molecule has 0 unspecified atom stereocenters. The Kier molecular flexibility index (Phi) is 4.41. The number of benzene rings is 3. The van der Waals surface area contributed by atoms with Gasteiger partial charge in [0.15, 0.2) is 5.76 Å². The first-order valence-electron chi connectivity index (χ1n) is 8.62. The van der Waals surface area contributed by atoms with E-state index >= 15 is 0 Å². The number of methoxy groups -OCH3 is 1. The minimum atomic E-state index is -0.507. The fourth-order valence-electron chi connectivity index (χ4n) is 3.06. The molecule has 5 nitrogen and oxygen atoms in total. The summed E-state index contributed by atoms with van der Waals surface area (Å²) < 4.78 is 10.6. The van der Waals surface area contributed by atoms with Crippen LogP contribution < -0.4 is 5.43 Å². The van der Waals surface area contributed by atoms with Crippen molar-refractivity contribution in [2.45, 2.75) is 0 Å². The van der Waals surface area contributed by atoms with Crippen LogP contribution in [0.25, 0.3) is 33.4 Å². The van der Waals surface area contributed by atoms with Crippen molar-refractivity contribution in [2.24, 2.45) is 0 Å². The Hall–Kier alpha value is -3.86. The predicted octanol–water partition coefficient (Wildman–Crippen LogP) is 4.62. The molecular formula is C23H16O5. The van der Waals surface area contributed by atoms with Crippen LogP contribution in [0.2, 0.25) is 0 Å². The van der Waals surface area contributed by atoms with Gasteiger partial charge in [-0.3, -0.25) is 4.79 Å². The maximum absolute atomic E-state index is 12.6. The lowest BCUT2D eigenvalue weighted by Crippen LogP contribution is -2.03. The monoisotopic (exact) mass is 372 g/mol. The zero-order valence-corrected chi connectivity index (χ0v) is 15.0. The van der Waals surface area contributed by atoms with E-state index in [1.54, 1.807) is 36.4 Å². The van der Waals surface area contributed by atoms with Crippen LogP contribution in [-0.4, -0.2) is 18.2 Å². The van der Waals surface area contributed by atoms with E-state index in [2.05, 4.69) is 4.74 Å². The average Bonchev–Trinajstić information content (AvgIpc) is 2.76. The molecule has 0 atom stereocenters. The second-order valence-electron chi connectivity index (χ2n) is 6.25. The van der Waals surface area contributed by atoms with Gasteiger partial charge in [0.2, 0.25) is 11.2 Å². The van der Waals surface area contributed by atoms with E-state index in [9.17, 15) is 14.7 Å². The van der Waals surface area contributed by atoms with Gasteiger partial charge in [0.25, 0.3) is 0 Å². The molecule has 0 aliphatic heterocycles. The molecule has 1 heterocycles. The molecule has 0 saturated carbocycles. The van der Waals surface area contributed by atoms with E-state index in [1.165, 1.54) is 7.11 Å². The Balaban J connectivity index is 1.86. The van der Waals surface area contributed by atoms with E-state index in [-0.39, 0.29) is 5.76 Å². The summed E-state index contributed by atoms with van der Waals surface area (Å²) in [5, 5.41) is 10.7. The molecule has 0 aliphatic rings. The van der Waals surface area contributed by atoms with Crippen LogP contribution in [0.5, 0.6) is 5.75 Å². The molecule has 3 aromatic carbocycles. The third-order valence-corrected chi connectivity index (χ3v) is 4.54. The standard InChI is InChI=1S/C23H16O5/c1-27-23(26)16-9-7-15(8-10-16)22-21(25)20(24)18-12-11-17(13-19(18)28-22)14-5-3-2-4-6-14/h2-13,25H,1H3. The molecule has 1 aromatic heterocycles. The highest BCUT2D eigenvalue weighted by molar-refractivity contribution is 5.90. The van der Waals surface area contributed by atoms with E-state index in [4.69, 9.17) is 4.42 Å². The van der Waals surface area contributed by atoms with Crippen molar-refractivity contribution in [3.8, 4) is 28.2 Å². The molecule has 0 radical (unpaired) electrons. The van der Waals surface area contributed by atoms with Crippen molar-refractivity contribution in [3.63, 3.8) is 0 Å². The fourth-order valence-corrected chi connectivity index (χ4v) is 3.06. The number of fused-ring (bicyclic) bond motifs is 1. The number of rotatable bonds is 3. The van der Waals surface area contributed by atoms with Crippen LogP contribution in [0.4, 0.5) is 0 Å². The summed E-state index contributed by atoms with van der Waals surface area (Å²) in [5.41, 5.74) is 2.59. The summed E-state index contributed by atoms with van der Waals surface area (Å²) in [7, 11) is 1.30. The molecule has 0 aliphatic carbocycles. The Morgan fingerprint density at radius 3 is 2.25 bits per heavy atom. The van der Waals surface area contributed by atoms with Gasteiger partial charge in [0.05, 0.1) is 18.1 Å². The van der Waals surface area contributed by atoms with Crippen molar-refractivity contribution in [1.29, 1.82) is 0 Å². The lowest BCUT2D eigenvalue weighted by atomic mass is 10.0. The normalized spacial score (nSPS) is 10.8. The lowest BCUT2D eigenvalue weighted by molar-refractivity contribution is 0.0600. The lowest BCUT2D eigenvalue weighted by Gasteiger charge is -2.08. The number of hydrogen-bond acceptors (Lipinski definition) is 5. The van der Waals surface area contributed by atoms with Crippen molar-refractivity contribution in [3.05, 3.63) is 88.6 Å². The van der Waals surface area contributed by atoms with Gasteiger partial charge in [-0.05, 0) is 35.4 Å². The van der Waals surface area contributed by atoms with Crippen LogP contribution in [0.3, 0.4) is 0 Å². The summed E-state index contributed by atoms with van der Waals surface area (Å²) in [5.74, 6) is -0.881. The number of ether oxygens (including phenoxy) is 1. The van der Waals surface area contributed by atoms with Gasteiger partial charge in [-0.1, -0.05) is 48.5 Å². The summed E-state index contributed by atoms with van der Waals surface area (Å²) in [4.78, 5) is 24.2. The zero-order valence-electron chi connectivity index (χ0n) is 15.0. The van der Waals surface area contributed by atoms with E-state index in [1.807, 2.05) is 36.4 Å². The quantitative estimate of drug-likeness (QED) is 0.531. The second kappa shape index (κ2) is 7.04. The molecule has 0 saturated heterocycles. The molecule has 138 valence electrons. The average molecular weight is 372 g/mol. The number of aromatic hydroxyl groups is 1. The van der Waals surface area contributed by atoms with Gasteiger partial charge in [0.1, 0.15) is 5.58 Å². The zero-order chi connectivity index (χ0) is 19.7. The van der Waals surface area contributed by atoms with Gasteiger partial charge in [-0.25, -0.2) is 4.79 Å². The van der Waals surface area contributed by atoms with E-state index in [0.717, 1.165) is 11.1 Å². The van der Waals surface area contributed by atoms with Crippen molar-refractivity contribution >= 4 is 16.9 Å². The summed E-state index contributed by atoms with van der Waals surface area (Å²) >= 11 is 0. The fraction of sp³-hybridized carbons (Fsp3) is 0.0435. The van der Waals surface area contributed by atoms with Crippen molar-refractivity contribution in [2.75, 3.05) is 7.11 Å². The van der Waals surface area contributed by atoms with Gasteiger partial charge in [-0.15, -0.1) is 0 Å². The Morgan fingerprint density at radius 2 is 1.57 bits per heavy atom.